The molecule has 0 aliphatic rings. The fraction of sp³-hybridized carbons (Fsp3) is 0.286. The number of aromatic nitrogens is 2. The van der Waals surface area contributed by atoms with E-state index >= 15 is 0 Å². The molecular weight excluding hydrogens is 245 g/mol. The Labute approximate surface area is 111 Å². The van der Waals surface area contributed by atoms with Gasteiger partial charge in [0, 0.05) is 12.2 Å². The van der Waals surface area contributed by atoms with Crippen molar-refractivity contribution in [3.63, 3.8) is 0 Å². The molecule has 100 valence electrons. The van der Waals surface area contributed by atoms with E-state index in [1.54, 1.807) is 12.1 Å². The van der Waals surface area contributed by atoms with Crippen molar-refractivity contribution in [2.75, 3.05) is 6.54 Å². The Kier molecular flexibility index (Phi) is 3.94. The van der Waals surface area contributed by atoms with Gasteiger partial charge in [-0.05, 0) is 38.0 Å². The maximum absolute atomic E-state index is 13.4. The molecule has 2 rings (SSSR count). The number of H-pyrrole nitrogens is 1. The molecule has 0 bridgehead atoms. The molecular formula is C14H16FN3O. The average molecular weight is 261 g/mol. The summed E-state index contributed by atoms with van der Waals surface area (Å²) < 4.78 is 13.4. The van der Waals surface area contributed by atoms with Gasteiger partial charge in [-0.2, -0.15) is 5.10 Å². The van der Waals surface area contributed by atoms with Crippen molar-refractivity contribution < 1.29 is 9.18 Å². The molecule has 1 aromatic carbocycles. The predicted molar refractivity (Wildman–Crippen MR) is 70.5 cm³/mol. The van der Waals surface area contributed by atoms with Crippen molar-refractivity contribution >= 4 is 5.91 Å². The molecule has 1 heterocycles. The van der Waals surface area contributed by atoms with Crippen molar-refractivity contribution in [1.82, 2.24) is 15.5 Å². The Morgan fingerprint density at radius 3 is 2.74 bits per heavy atom. The van der Waals surface area contributed by atoms with Crippen molar-refractivity contribution in [3.8, 4) is 0 Å². The second-order valence-electron chi connectivity index (χ2n) is 4.40. The number of halogens is 1. The van der Waals surface area contributed by atoms with Crippen LogP contribution in [0.5, 0.6) is 0 Å². The lowest BCUT2D eigenvalue weighted by Crippen LogP contribution is -2.26. The van der Waals surface area contributed by atoms with Crippen molar-refractivity contribution in [1.29, 1.82) is 0 Å². The average Bonchev–Trinajstić information content (AvgIpc) is 2.70. The van der Waals surface area contributed by atoms with Crippen LogP contribution >= 0.6 is 0 Å². The Bertz CT molecular complexity index is 573. The molecule has 5 heteroatoms. The zero-order valence-electron chi connectivity index (χ0n) is 11.0. The zero-order chi connectivity index (χ0) is 13.8. The molecule has 0 radical (unpaired) electrons. The third-order valence-corrected chi connectivity index (χ3v) is 3.06. The number of hydrogen-bond donors (Lipinski definition) is 2. The molecule has 19 heavy (non-hydrogen) atoms. The summed E-state index contributed by atoms with van der Waals surface area (Å²) in [6.07, 6.45) is 0.675. The SMILES string of the molecule is Cc1n[nH]c(C)c1CCNC(=O)c1ccccc1F. The molecule has 0 aliphatic carbocycles. The van der Waals surface area contributed by atoms with Crippen LogP contribution < -0.4 is 5.32 Å². The van der Waals surface area contributed by atoms with Gasteiger partial charge in [0.1, 0.15) is 5.82 Å². The highest BCUT2D eigenvalue weighted by Crippen LogP contribution is 2.10. The molecule has 1 amide bonds. The molecule has 0 atom stereocenters. The number of nitrogens with one attached hydrogen (secondary N) is 2. The number of nitrogens with zero attached hydrogens (tertiary/aromatic N) is 1. The van der Waals surface area contributed by atoms with Crippen molar-refractivity contribution in [3.05, 3.63) is 52.6 Å². The Hall–Kier alpha value is -2.17. The second-order valence-corrected chi connectivity index (χ2v) is 4.40. The van der Waals surface area contributed by atoms with E-state index in [0.717, 1.165) is 17.0 Å². The third-order valence-electron chi connectivity index (χ3n) is 3.06. The first kappa shape index (κ1) is 13.3. The van der Waals surface area contributed by atoms with Crippen LogP contribution in [0.1, 0.15) is 27.3 Å². The van der Waals surface area contributed by atoms with Gasteiger partial charge in [-0.15, -0.1) is 0 Å². The lowest BCUT2D eigenvalue weighted by Gasteiger charge is -2.06. The van der Waals surface area contributed by atoms with Crippen LogP contribution in [0, 0.1) is 19.7 Å². The zero-order valence-corrected chi connectivity index (χ0v) is 11.0. The van der Waals surface area contributed by atoms with Gasteiger partial charge in [0.15, 0.2) is 0 Å². The van der Waals surface area contributed by atoms with Gasteiger partial charge in [0.2, 0.25) is 0 Å². The summed E-state index contributed by atoms with van der Waals surface area (Å²) >= 11 is 0. The molecule has 2 aromatic rings. The van der Waals surface area contributed by atoms with Crippen molar-refractivity contribution in [2.24, 2.45) is 0 Å². The number of aromatic amines is 1. The van der Waals surface area contributed by atoms with E-state index in [0.29, 0.717) is 13.0 Å². The summed E-state index contributed by atoms with van der Waals surface area (Å²) in [4.78, 5) is 11.8. The molecule has 0 spiro atoms. The third kappa shape index (κ3) is 2.99. The smallest absolute Gasteiger partial charge is 0.254 e. The van der Waals surface area contributed by atoms with Gasteiger partial charge in [-0.1, -0.05) is 12.1 Å². The Morgan fingerprint density at radius 2 is 2.11 bits per heavy atom. The van der Waals surface area contributed by atoms with E-state index in [-0.39, 0.29) is 5.56 Å². The molecule has 0 aliphatic heterocycles. The van der Waals surface area contributed by atoms with E-state index < -0.39 is 11.7 Å². The fourth-order valence-electron chi connectivity index (χ4n) is 1.98. The molecule has 0 unspecified atom stereocenters. The first-order valence-corrected chi connectivity index (χ1v) is 6.12. The normalized spacial score (nSPS) is 10.5. The lowest BCUT2D eigenvalue weighted by molar-refractivity contribution is 0.0950. The number of carbonyl (C=O) groups excluding carboxylic acids is 1. The maximum atomic E-state index is 13.4. The number of benzene rings is 1. The summed E-state index contributed by atoms with van der Waals surface area (Å²) in [5.74, 6) is -0.896. The van der Waals surface area contributed by atoms with E-state index in [1.165, 1.54) is 12.1 Å². The number of carbonyl (C=O) groups is 1. The second kappa shape index (κ2) is 5.65. The van der Waals surface area contributed by atoms with E-state index in [9.17, 15) is 9.18 Å². The summed E-state index contributed by atoms with van der Waals surface area (Å²) in [5, 5.41) is 9.69. The number of hydrogen-bond acceptors (Lipinski definition) is 2. The summed E-state index contributed by atoms with van der Waals surface area (Å²) in [7, 11) is 0. The number of rotatable bonds is 4. The minimum absolute atomic E-state index is 0.0723. The molecule has 2 N–H and O–H groups in total. The topological polar surface area (TPSA) is 57.8 Å². The number of amides is 1. The Morgan fingerprint density at radius 1 is 1.37 bits per heavy atom. The van der Waals surface area contributed by atoms with E-state index in [4.69, 9.17) is 0 Å². The predicted octanol–water partition coefficient (Wildman–Crippen LogP) is 2.14. The van der Waals surface area contributed by atoms with Gasteiger partial charge < -0.3 is 5.32 Å². The van der Waals surface area contributed by atoms with Gasteiger partial charge in [0.25, 0.3) is 5.91 Å². The van der Waals surface area contributed by atoms with E-state index in [1.807, 2.05) is 13.8 Å². The van der Waals surface area contributed by atoms with Gasteiger partial charge in [-0.3, -0.25) is 9.89 Å². The van der Waals surface area contributed by atoms with Gasteiger partial charge in [-0.25, -0.2) is 4.39 Å². The fourth-order valence-corrected chi connectivity index (χ4v) is 1.98. The highest BCUT2D eigenvalue weighted by atomic mass is 19.1. The molecule has 4 nitrogen and oxygen atoms in total. The molecule has 0 saturated heterocycles. The first-order valence-electron chi connectivity index (χ1n) is 6.12. The summed E-state index contributed by atoms with van der Waals surface area (Å²) in [5.41, 5.74) is 3.09. The van der Waals surface area contributed by atoms with Gasteiger partial charge >= 0.3 is 0 Å². The van der Waals surface area contributed by atoms with Crippen LogP contribution in [0.15, 0.2) is 24.3 Å². The molecule has 0 saturated carbocycles. The highest BCUT2D eigenvalue weighted by molar-refractivity contribution is 5.94. The quantitative estimate of drug-likeness (QED) is 0.886. The minimum Gasteiger partial charge on any atom is -0.352 e. The van der Waals surface area contributed by atoms with Crippen molar-refractivity contribution in [2.45, 2.75) is 20.3 Å². The highest BCUT2D eigenvalue weighted by Gasteiger charge is 2.11. The lowest BCUT2D eigenvalue weighted by atomic mass is 10.1. The van der Waals surface area contributed by atoms with Crippen LogP contribution in [-0.4, -0.2) is 22.6 Å². The monoisotopic (exact) mass is 261 g/mol. The first-order chi connectivity index (χ1) is 9.09. The van der Waals surface area contributed by atoms with Crippen LogP contribution in [0.2, 0.25) is 0 Å². The van der Waals surface area contributed by atoms with E-state index in [2.05, 4.69) is 15.5 Å². The Balaban J connectivity index is 1.93. The summed E-state index contributed by atoms with van der Waals surface area (Å²) in [6.45, 7) is 4.31. The van der Waals surface area contributed by atoms with Gasteiger partial charge in [0.05, 0.1) is 11.3 Å². The minimum atomic E-state index is -0.504. The standard InChI is InChI=1S/C14H16FN3O/c1-9-11(10(2)18-17-9)7-8-16-14(19)12-5-3-4-6-13(12)15/h3-6H,7-8H2,1-2H3,(H,16,19)(H,17,18). The number of aryl methyl sites for hydroxylation is 2. The summed E-state index contributed by atoms with van der Waals surface area (Å²) in [6, 6.07) is 5.95. The largest absolute Gasteiger partial charge is 0.352 e. The van der Waals surface area contributed by atoms with Crippen LogP contribution in [0.3, 0.4) is 0 Å². The molecule has 1 aromatic heterocycles. The maximum Gasteiger partial charge on any atom is 0.254 e. The van der Waals surface area contributed by atoms with Crippen LogP contribution in [-0.2, 0) is 6.42 Å². The molecule has 0 fully saturated rings. The van der Waals surface area contributed by atoms with Crippen LogP contribution in [0.4, 0.5) is 4.39 Å². The van der Waals surface area contributed by atoms with Crippen LogP contribution in [0.25, 0.3) is 0 Å².